The van der Waals surface area contributed by atoms with Crippen LogP contribution in [-0.4, -0.2) is 11.9 Å². The fourth-order valence-corrected chi connectivity index (χ4v) is 1.28. The molecule has 13 heavy (non-hydrogen) atoms. The fraction of sp³-hybridized carbons (Fsp3) is 0.200. The molecule has 1 radical (unpaired) electrons. The summed E-state index contributed by atoms with van der Waals surface area (Å²) in [7, 11) is 2.01. The summed E-state index contributed by atoms with van der Waals surface area (Å²) in [6.45, 7) is 0. The summed E-state index contributed by atoms with van der Waals surface area (Å²) in [6.07, 6.45) is 3.92. The average molecular weight is 350 g/mol. The van der Waals surface area contributed by atoms with Crippen molar-refractivity contribution in [3.8, 4) is 0 Å². The van der Waals surface area contributed by atoms with Crippen molar-refractivity contribution in [2.24, 2.45) is 0 Å². The van der Waals surface area contributed by atoms with Gasteiger partial charge in [-0.2, -0.15) is 42.1 Å². The smallest absolute Gasteiger partial charge is 0.00467 e. The summed E-state index contributed by atoms with van der Waals surface area (Å²) < 4.78 is 0. The van der Waals surface area contributed by atoms with Gasteiger partial charge in [0.05, 0.1) is 0 Å². The Balaban J connectivity index is 0.000000845. The second kappa shape index (κ2) is 4.45. The first-order valence-corrected chi connectivity index (χ1v) is 3.93. The van der Waals surface area contributed by atoms with Gasteiger partial charge in [-0.3, -0.25) is 0 Å². The summed E-state index contributed by atoms with van der Waals surface area (Å²) in [4.78, 5) is 2.06. The Morgan fingerprint density at radius 3 is 2.85 bits per heavy atom. The molecule has 1 atom stereocenters. The maximum Gasteiger partial charge on any atom is 0.00467 e. The molecule has 0 spiro atoms. The Hall–Kier alpha value is -0.791. The third-order valence-electron chi connectivity index (χ3n) is 1.93. The summed E-state index contributed by atoms with van der Waals surface area (Å²) in [5.41, 5.74) is 1.12. The van der Waals surface area contributed by atoms with Crippen LogP contribution in [-0.2, 0) is 20.1 Å². The van der Waals surface area contributed by atoms with Gasteiger partial charge in [0.25, 0.3) is 0 Å². The van der Waals surface area contributed by atoms with Crippen molar-refractivity contribution in [2.75, 3.05) is 7.05 Å². The predicted molar refractivity (Wildman–Crippen MR) is 48.3 cm³/mol. The van der Waals surface area contributed by atoms with E-state index in [1.165, 1.54) is 0 Å². The molecule has 0 aromatic heterocycles. The topological polar surface area (TPSA) is 17.3 Å². The van der Waals surface area contributed by atoms with Crippen molar-refractivity contribution < 1.29 is 20.1 Å². The van der Waals surface area contributed by atoms with Gasteiger partial charge in [0, 0.05) is 27.2 Å². The number of rotatable bonds is 1. The molecule has 1 aromatic carbocycles. The van der Waals surface area contributed by atoms with Crippen molar-refractivity contribution >= 4 is 0 Å². The first kappa shape index (κ1) is 10.3. The number of hydrogen-bond donors (Lipinski definition) is 0. The third kappa shape index (κ3) is 2.11. The molecule has 2 nitrogen and oxygen atoms in total. The van der Waals surface area contributed by atoms with Crippen LogP contribution >= 0.6 is 0 Å². The van der Waals surface area contributed by atoms with E-state index in [4.69, 9.17) is 0 Å². The van der Waals surface area contributed by atoms with Crippen LogP contribution in [0.25, 0.3) is 5.32 Å². The molecule has 0 aliphatic carbocycles. The van der Waals surface area contributed by atoms with E-state index in [1.54, 1.807) is 0 Å². The Labute approximate surface area is 92.0 Å². The molecule has 0 fully saturated rings. The van der Waals surface area contributed by atoms with E-state index in [0.717, 1.165) is 5.56 Å². The molecule has 71 valence electrons. The maximum absolute atomic E-state index is 4.30. The standard InChI is InChI=1S/C10H10N2.Ir/c1-12-8-7-11-10(12)9-5-3-2-4-6-9;/h2-5,7-8,10H,1H3;/q-2;. The summed E-state index contributed by atoms with van der Waals surface area (Å²) in [5, 5.41) is 4.30. The maximum atomic E-state index is 4.30. The monoisotopic (exact) mass is 351 g/mol. The molecular formula is C10H10IrN2-2. The SMILES string of the molecule is CN1C=C[N-]C1c1[c-]cccc1.[Ir]. The third-order valence-corrected chi connectivity index (χ3v) is 1.93. The van der Waals surface area contributed by atoms with E-state index in [9.17, 15) is 0 Å². The molecule has 3 heteroatoms. The van der Waals surface area contributed by atoms with Crippen molar-refractivity contribution in [3.63, 3.8) is 0 Å². The molecule has 0 saturated heterocycles. The average Bonchev–Trinajstić information content (AvgIpc) is 2.53. The van der Waals surface area contributed by atoms with E-state index in [1.807, 2.05) is 43.7 Å². The van der Waals surface area contributed by atoms with Gasteiger partial charge in [-0.05, 0) is 12.4 Å². The van der Waals surface area contributed by atoms with E-state index in [2.05, 4.69) is 16.3 Å². The minimum Gasteiger partial charge on any atom is -0.668 e. The quantitative estimate of drug-likeness (QED) is 0.711. The van der Waals surface area contributed by atoms with Gasteiger partial charge in [-0.25, -0.2) is 0 Å². The predicted octanol–water partition coefficient (Wildman–Crippen LogP) is 2.27. The van der Waals surface area contributed by atoms with Crippen molar-refractivity contribution in [2.45, 2.75) is 6.17 Å². The first-order chi connectivity index (χ1) is 5.88. The van der Waals surface area contributed by atoms with Crippen LogP contribution in [0, 0.1) is 6.07 Å². The van der Waals surface area contributed by atoms with Crippen LogP contribution < -0.4 is 0 Å². The summed E-state index contributed by atoms with van der Waals surface area (Å²) in [5.74, 6) is 0. The zero-order valence-corrected chi connectivity index (χ0v) is 9.66. The molecule has 1 heterocycles. The van der Waals surface area contributed by atoms with E-state index in [-0.39, 0.29) is 26.3 Å². The minimum absolute atomic E-state index is 0. The van der Waals surface area contributed by atoms with Crippen LogP contribution in [0.4, 0.5) is 0 Å². The van der Waals surface area contributed by atoms with Crippen LogP contribution in [0.3, 0.4) is 0 Å². The molecule has 2 rings (SSSR count). The zero-order chi connectivity index (χ0) is 8.39. The Morgan fingerprint density at radius 1 is 1.46 bits per heavy atom. The van der Waals surface area contributed by atoms with E-state index in [0.29, 0.717) is 0 Å². The van der Waals surface area contributed by atoms with Crippen molar-refractivity contribution in [1.29, 1.82) is 0 Å². The number of nitrogens with zero attached hydrogens (tertiary/aromatic N) is 2. The largest absolute Gasteiger partial charge is 0.668 e. The molecule has 0 bridgehead atoms. The molecule has 0 N–H and O–H groups in total. The van der Waals surface area contributed by atoms with E-state index < -0.39 is 0 Å². The first-order valence-electron chi connectivity index (χ1n) is 3.93. The van der Waals surface area contributed by atoms with Crippen molar-refractivity contribution in [1.82, 2.24) is 4.90 Å². The normalized spacial score (nSPS) is 19.5. The van der Waals surface area contributed by atoms with Gasteiger partial charge in [0.2, 0.25) is 0 Å². The second-order valence-electron chi connectivity index (χ2n) is 2.80. The van der Waals surface area contributed by atoms with Gasteiger partial charge in [-0.15, -0.1) is 0 Å². The van der Waals surface area contributed by atoms with Gasteiger partial charge < -0.3 is 10.2 Å². The zero-order valence-electron chi connectivity index (χ0n) is 7.27. The Bertz CT molecular complexity index is 284. The molecular weight excluding hydrogens is 340 g/mol. The Kier molecular flexibility index (Phi) is 3.52. The van der Waals surface area contributed by atoms with Gasteiger partial charge in [0.1, 0.15) is 0 Å². The molecule has 1 unspecified atom stereocenters. The van der Waals surface area contributed by atoms with E-state index >= 15 is 0 Å². The summed E-state index contributed by atoms with van der Waals surface area (Å²) >= 11 is 0. The second-order valence-corrected chi connectivity index (χ2v) is 2.80. The Morgan fingerprint density at radius 2 is 2.31 bits per heavy atom. The number of benzene rings is 1. The van der Waals surface area contributed by atoms with Crippen LogP contribution in [0.1, 0.15) is 11.7 Å². The van der Waals surface area contributed by atoms with Crippen LogP contribution in [0.15, 0.2) is 36.7 Å². The summed E-state index contributed by atoms with van der Waals surface area (Å²) in [6, 6.07) is 11.1. The number of hydrogen-bond acceptors (Lipinski definition) is 1. The molecule has 1 aliphatic rings. The molecule has 1 aromatic rings. The van der Waals surface area contributed by atoms with Crippen molar-refractivity contribution in [3.05, 3.63) is 53.6 Å². The molecule has 1 aliphatic heterocycles. The van der Waals surface area contributed by atoms with Crippen LogP contribution in [0.5, 0.6) is 0 Å². The van der Waals surface area contributed by atoms with Gasteiger partial charge >= 0.3 is 0 Å². The fourth-order valence-electron chi connectivity index (χ4n) is 1.28. The molecule has 0 amide bonds. The minimum atomic E-state index is 0. The van der Waals surface area contributed by atoms with Gasteiger partial charge in [0.15, 0.2) is 0 Å². The van der Waals surface area contributed by atoms with Crippen LogP contribution in [0.2, 0.25) is 0 Å². The molecule has 0 saturated carbocycles. The van der Waals surface area contributed by atoms with Gasteiger partial charge in [-0.1, -0.05) is 0 Å².